The van der Waals surface area contributed by atoms with Crippen LogP contribution in [-0.4, -0.2) is 68.8 Å². The molecule has 0 atom stereocenters. The fourth-order valence-corrected chi connectivity index (χ4v) is 8.58. The monoisotopic (exact) mass is 548 g/mol. The number of ketones is 2. The van der Waals surface area contributed by atoms with Crippen molar-refractivity contribution >= 4 is 29.2 Å². The van der Waals surface area contributed by atoms with Crippen molar-refractivity contribution in [3.63, 3.8) is 0 Å². The SMILES string of the molecule is C=C(C)C(=O)CCC[Si](OCC)(OCC)OCC.C=C(C)C(=O)CCC[Si](OCC)(OCC)OCC. The molecular weight excluding hydrogens is 496 g/mol. The number of rotatable bonds is 22. The Labute approximate surface area is 222 Å². The van der Waals surface area contributed by atoms with Crippen LogP contribution in [0, 0.1) is 0 Å². The summed E-state index contributed by atoms with van der Waals surface area (Å²) in [6.07, 6.45) is 2.41. The molecule has 0 bridgehead atoms. The largest absolute Gasteiger partial charge is 0.500 e. The van der Waals surface area contributed by atoms with Gasteiger partial charge in [0.05, 0.1) is 0 Å². The Bertz CT molecular complexity index is 551. The third kappa shape index (κ3) is 16.7. The van der Waals surface area contributed by atoms with Crippen LogP contribution in [0.15, 0.2) is 24.3 Å². The quantitative estimate of drug-likeness (QED) is 0.122. The van der Waals surface area contributed by atoms with E-state index in [1.165, 1.54) is 0 Å². The number of carbonyl (C=O) groups excluding carboxylic acids is 2. The van der Waals surface area contributed by atoms with Gasteiger partial charge in [-0.1, -0.05) is 13.2 Å². The minimum atomic E-state index is -2.58. The first kappa shape index (κ1) is 37.2. The minimum absolute atomic E-state index is 0.0994. The maximum Gasteiger partial charge on any atom is 0.500 e. The molecule has 0 radical (unpaired) electrons. The average molecular weight is 549 g/mol. The van der Waals surface area contributed by atoms with Gasteiger partial charge < -0.3 is 26.6 Å². The van der Waals surface area contributed by atoms with E-state index in [0.717, 1.165) is 12.8 Å². The van der Waals surface area contributed by atoms with Crippen molar-refractivity contribution < 1.29 is 36.1 Å². The number of hydrogen-bond acceptors (Lipinski definition) is 8. The van der Waals surface area contributed by atoms with E-state index in [4.69, 9.17) is 26.6 Å². The van der Waals surface area contributed by atoms with E-state index in [-0.39, 0.29) is 11.6 Å². The summed E-state index contributed by atoms with van der Waals surface area (Å²) in [6.45, 7) is 25.8. The summed E-state index contributed by atoms with van der Waals surface area (Å²) in [5.74, 6) is 0.199. The zero-order valence-corrected chi connectivity index (χ0v) is 26.2. The van der Waals surface area contributed by atoms with Crippen LogP contribution in [0.3, 0.4) is 0 Å². The van der Waals surface area contributed by atoms with Crippen LogP contribution < -0.4 is 0 Å². The van der Waals surface area contributed by atoms with Crippen LogP contribution >= 0.6 is 0 Å². The summed E-state index contributed by atoms with van der Waals surface area (Å²) in [4.78, 5) is 23.0. The molecule has 212 valence electrons. The Morgan fingerprint density at radius 3 is 0.917 bits per heavy atom. The van der Waals surface area contributed by atoms with E-state index in [1.807, 2.05) is 41.5 Å². The molecule has 0 aliphatic rings. The van der Waals surface area contributed by atoms with Gasteiger partial charge in [-0.2, -0.15) is 0 Å². The first-order valence-electron chi connectivity index (χ1n) is 13.2. The number of carbonyl (C=O) groups is 2. The van der Waals surface area contributed by atoms with Gasteiger partial charge in [0.15, 0.2) is 11.6 Å². The van der Waals surface area contributed by atoms with Gasteiger partial charge >= 0.3 is 17.6 Å². The summed E-state index contributed by atoms with van der Waals surface area (Å²) in [6, 6.07) is 1.36. The number of hydrogen-bond donors (Lipinski definition) is 0. The lowest BCUT2D eigenvalue weighted by Crippen LogP contribution is -2.46. The Hall–Kier alpha value is -0.986. The summed E-state index contributed by atoms with van der Waals surface area (Å²) in [5.41, 5.74) is 1.21. The molecule has 0 heterocycles. The van der Waals surface area contributed by atoms with Crippen LogP contribution in [0.25, 0.3) is 0 Å². The molecule has 0 aromatic heterocycles. The molecule has 0 amide bonds. The molecule has 0 saturated heterocycles. The highest BCUT2D eigenvalue weighted by molar-refractivity contribution is 6.61. The molecule has 0 aromatic carbocycles. The lowest BCUT2D eigenvalue weighted by molar-refractivity contribution is -0.116. The van der Waals surface area contributed by atoms with Gasteiger partial charge in [-0.3, -0.25) is 9.59 Å². The normalized spacial score (nSPS) is 11.6. The fourth-order valence-electron chi connectivity index (χ4n) is 3.36. The van der Waals surface area contributed by atoms with Crippen molar-refractivity contribution in [1.29, 1.82) is 0 Å². The Balaban J connectivity index is 0. The molecular formula is C26H52O8Si2. The first-order chi connectivity index (χ1) is 17.0. The number of allylic oxidation sites excluding steroid dienone is 2. The Kier molecular flexibility index (Phi) is 22.8. The zero-order valence-electron chi connectivity index (χ0n) is 24.2. The minimum Gasteiger partial charge on any atom is -0.374 e. The Morgan fingerprint density at radius 1 is 0.528 bits per heavy atom. The van der Waals surface area contributed by atoms with E-state index in [9.17, 15) is 9.59 Å². The standard InChI is InChI=1S/2C13H26O4Si/c2*1-6-15-18(16-7-2,17-8-3)11-9-10-13(14)12(4)5/h2*4,6-11H2,1-3,5H3. The van der Waals surface area contributed by atoms with Crippen molar-refractivity contribution in [3.05, 3.63) is 24.3 Å². The maximum absolute atomic E-state index is 11.5. The van der Waals surface area contributed by atoms with Gasteiger partial charge in [0.1, 0.15) is 0 Å². The van der Waals surface area contributed by atoms with Gasteiger partial charge in [0, 0.05) is 64.6 Å². The first-order valence-corrected chi connectivity index (χ1v) is 17.1. The molecule has 0 fully saturated rings. The highest BCUT2D eigenvalue weighted by Gasteiger charge is 2.40. The van der Waals surface area contributed by atoms with Crippen LogP contribution in [0.4, 0.5) is 0 Å². The van der Waals surface area contributed by atoms with E-state index >= 15 is 0 Å². The second-order valence-corrected chi connectivity index (χ2v) is 13.5. The second kappa shape index (κ2) is 22.0. The maximum atomic E-state index is 11.5. The van der Waals surface area contributed by atoms with Gasteiger partial charge in [-0.15, -0.1) is 0 Å². The lowest BCUT2D eigenvalue weighted by Gasteiger charge is -2.28. The predicted molar refractivity (Wildman–Crippen MR) is 149 cm³/mol. The van der Waals surface area contributed by atoms with Gasteiger partial charge in [-0.25, -0.2) is 0 Å². The van der Waals surface area contributed by atoms with Crippen molar-refractivity contribution in [2.45, 2.75) is 93.2 Å². The van der Waals surface area contributed by atoms with Gasteiger partial charge in [0.2, 0.25) is 0 Å². The lowest BCUT2D eigenvalue weighted by atomic mass is 10.1. The summed E-state index contributed by atoms with van der Waals surface area (Å²) >= 11 is 0. The van der Waals surface area contributed by atoms with Crippen LogP contribution in [-0.2, 0) is 36.1 Å². The summed E-state index contributed by atoms with van der Waals surface area (Å²) < 4.78 is 34.3. The topological polar surface area (TPSA) is 89.5 Å². The van der Waals surface area contributed by atoms with Crippen molar-refractivity contribution in [1.82, 2.24) is 0 Å². The molecule has 0 aliphatic carbocycles. The summed E-state index contributed by atoms with van der Waals surface area (Å²) in [5, 5.41) is 0. The molecule has 0 unspecified atom stereocenters. The van der Waals surface area contributed by atoms with Crippen molar-refractivity contribution in [2.24, 2.45) is 0 Å². The highest BCUT2D eigenvalue weighted by Crippen LogP contribution is 2.21. The highest BCUT2D eigenvalue weighted by atomic mass is 28.4. The predicted octanol–water partition coefficient (Wildman–Crippen LogP) is 5.92. The Morgan fingerprint density at radius 2 is 0.750 bits per heavy atom. The van der Waals surface area contributed by atoms with E-state index in [1.54, 1.807) is 13.8 Å². The molecule has 0 saturated carbocycles. The van der Waals surface area contributed by atoms with Crippen LogP contribution in [0.5, 0.6) is 0 Å². The molecule has 0 aromatic rings. The zero-order chi connectivity index (χ0) is 28.0. The molecule has 0 N–H and O–H groups in total. The second-order valence-electron chi connectivity index (χ2n) is 8.08. The third-order valence-corrected chi connectivity index (χ3v) is 11.2. The van der Waals surface area contributed by atoms with Gasteiger partial charge in [0.25, 0.3) is 0 Å². The number of Topliss-reactive ketones (excluding diaryl/α,β-unsaturated/α-hetero) is 2. The molecule has 0 spiro atoms. The van der Waals surface area contributed by atoms with Gasteiger partial charge in [-0.05, 0) is 79.4 Å². The van der Waals surface area contributed by atoms with Crippen molar-refractivity contribution in [2.75, 3.05) is 39.6 Å². The average Bonchev–Trinajstić information content (AvgIpc) is 2.80. The molecule has 8 nitrogen and oxygen atoms in total. The fraction of sp³-hybridized carbons (Fsp3) is 0.769. The molecule has 0 rings (SSSR count). The van der Waals surface area contributed by atoms with E-state index in [2.05, 4.69) is 13.2 Å². The van der Waals surface area contributed by atoms with E-state index in [0.29, 0.717) is 75.7 Å². The summed E-state index contributed by atoms with van der Waals surface area (Å²) in [7, 11) is -5.16. The smallest absolute Gasteiger partial charge is 0.374 e. The molecule has 10 heteroatoms. The van der Waals surface area contributed by atoms with E-state index < -0.39 is 17.6 Å². The van der Waals surface area contributed by atoms with Crippen LogP contribution in [0.1, 0.15) is 81.1 Å². The third-order valence-electron chi connectivity index (χ3n) is 4.91. The van der Waals surface area contributed by atoms with Crippen LogP contribution in [0.2, 0.25) is 12.1 Å². The molecule has 36 heavy (non-hydrogen) atoms. The van der Waals surface area contributed by atoms with Crippen molar-refractivity contribution in [3.8, 4) is 0 Å². The molecule has 0 aliphatic heterocycles.